The summed E-state index contributed by atoms with van der Waals surface area (Å²) in [7, 11) is 0. The van der Waals surface area contributed by atoms with Crippen molar-refractivity contribution in [3.8, 4) is 0 Å². The first-order chi connectivity index (χ1) is 7.69. The van der Waals surface area contributed by atoms with Crippen LogP contribution >= 0.6 is 0 Å². The molecule has 0 aliphatic rings. The average Bonchev–Trinajstić information content (AvgIpc) is 2.29. The third-order valence-corrected chi connectivity index (χ3v) is 2.27. The SMILES string of the molecule is CCCN(CCO)c1cccc([N+](=O)[O-])c1. The molecule has 0 fully saturated rings. The smallest absolute Gasteiger partial charge is 0.271 e. The summed E-state index contributed by atoms with van der Waals surface area (Å²) in [5, 5.41) is 19.6. The van der Waals surface area contributed by atoms with E-state index in [9.17, 15) is 10.1 Å². The van der Waals surface area contributed by atoms with Gasteiger partial charge in [-0.1, -0.05) is 13.0 Å². The predicted molar refractivity (Wildman–Crippen MR) is 62.7 cm³/mol. The zero-order chi connectivity index (χ0) is 12.0. The molecule has 0 bridgehead atoms. The zero-order valence-corrected chi connectivity index (χ0v) is 9.30. The summed E-state index contributed by atoms with van der Waals surface area (Å²) in [4.78, 5) is 12.2. The van der Waals surface area contributed by atoms with Crippen molar-refractivity contribution in [3.05, 3.63) is 34.4 Å². The number of aliphatic hydroxyl groups excluding tert-OH is 1. The molecule has 0 saturated heterocycles. The number of rotatable bonds is 6. The predicted octanol–water partition coefficient (Wildman–Crippen LogP) is 1.80. The Labute approximate surface area is 94.5 Å². The largest absolute Gasteiger partial charge is 0.395 e. The fourth-order valence-electron chi connectivity index (χ4n) is 1.56. The van der Waals surface area contributed by atoms with Gasteiger partial charge in [0.15, 0.2) is 0 Å². The molecule has 0 amide bonds. The van der Waals surface area contributed by atoms with Crippen molar-refractivity contribution in [2.75, 3.05) is 24.6 Å². The van der Waals surface area contributed by atoms with Crippen LogP contribution in [0.15, 0.2) is 24.3 Å². The number of anilines is 1. The molecule has 0 unspecified atom stereocenters. The van der Waals surface area contributed by atoms with Gasteiger partial charge in [-0.25, -0.2) is 0 Å². The van der Waals surface area contributed by atoms with Gasteiger partial charge in [0.05, 0.1) is 11.5 Å². The summed E-state index contributed by atoms with van der Waals surface area (Å²) in [5.74, 6) is 0. The third-order valence-electron chi connectivity index (χ3n) is 2.27. The molecule has 1 aromatic carbocycles. The molecule has 88 valence electrons. The lowest BCUT2D eigenvalue weighted by molar-refractivity contribution is -0.384. The first-order valence-electron chi connectivity index (χ1n) is 5.29. The van der Waals surface area contributed by atoms with E-state index in [0.29, 0.717) is 6.54 Å². The molecule has 1 rings (SSSR count). The van der Waals surface area contributed by atoms with Gasteiger partial charge in [-0.05, 0) is 12.5 Å². The number of nitrogens with zero attached hydrogens (tertiary/aromatic N) is 2. The summed E-state index contributed by atoms with van der Waals surface area (Å²) < 4.78 is 0. The van der Waals surface area contributed by atoms with Gasteiger partial charge in [-0.15, -0.1) is 0 Å². The topological polar surface area (TPSA) is 66.6 Å². The van der Waals surface area contributed by atoms with Crippen molar-refractivity contribution in [2.45, 2.75) is 13.3 Å². The van der Waals surface area contributed by atoms with E-state index in [1.165, 1.54) is 12.1 Å². The Kier molecular flexibility index (Phi) is 4.72. The second-order valence-corrected chi connectivity index (χ2v) is 3.49. The van der Waals surface area contributed by atoms with E-state index >= 15 is 0 Å². The molecule has 0 aliphatic heterocycles. The van der Waals surface area contributed by atoms with Crippen LogP contribution in [0.4, 0.5) is 11.4 Å². The molecule has 0 radical (unpaired) electrons. The van der Waals surface area contributed by atoms with E-state index in [2.05, 4.69) is 0 Å². The van der Waals surface area contributed by atoms with Crippen molar-refractivity contribution in [3.63, 3.8) is 0 Å². The van der Waals surface area contributed by atoms with Crippen LogP contribution in [0.1, 0.15) is 13.3 Å². The average molecular weight is 224 g/mol. The van der Waals surface area contributed by atoms with Crippen molar-refractivity contribution < 1.29 is 10.0 Å². The van der Waals surface area contributed by atoms with Crippen molar-refractivity contribution >= 4 is 11.4 Å². The monoisotopic (exact) mass is 224 g/mol. The van der Waals surface area contributed by atoms with Crippen LogP contribution in [0.2, 0.25) is 0 Å². The van der Waals surface area contributed by atoms with E-state index < -0.39 is 4.92 Å². The minimum absolute atomic E-state index is 0.0443. The Morgan fingerprint density at radius 3 is 2.75 bits per heavy atom. The van der Waals surface area contributed by atoms with Crippen LogP contribution < -0.4 is 4.90 Å². The Hall–Kier alpha value is -1.62. The number of nitro benzene ring substituents is 1. The highest BCUT2D eigenvalue weighted by Crippen LogP contribution is 2.20. The second-order valence-electron chi connectivity index (χ2n) is 3.49. The molecule has 1 N–H and O–H groups in total. The number of nitro groups is 1. The molecule has 0 aliphatic carbocycles. The summed E-state index contributed by atoms with van der Waals surface area (Å²) in [6.07, 6.45) is 0.933. The molecule has 0 atom stereocenters. The number of benzene rings is 1. The lowest BCUT2D eigenvalue weighted by Crippen LogP contribution is -2.27. The fraction of sp³-hybridized carbons (Fsp3) is 0.455. The minimum Gasteiger partial charge on any atom is -0.395 e. The fourth-order valence-corrected chi connectivity index (χ4v) is 1.56. The zero-order valence-electron chi connectivity index (χ0n) is 9.30. The molecule has 5 nitrogen and oxygen atoms in total. The minimum atomic E-state index is -0.410. The molecule has 0 spiro atoms. The van der Waals surface area contributed by atoms with Gasteiger partial charge in [-0.2, -0.15) is 0 Å². The summed E-state index contributed by atoms with van der Waals surface area (Å²) in [6, 6.07) is 6.48. The van der Waals surface area contributed by atoms with E-state index in [1.54, 1.807) is 6.07 Å². The van der Waals surface area contributed by atoms with Gasteiger partial charge in [0, 0.05) is 30.9 Å². The summed E-state index contributed by atoms with van der Waals surface area (Å²) in [6.45, 7) is 3.35. The second kappa shape index (κ2) is 6.07. The maximum atomic E-state index is 10.6. The number of hydrogen-bond donors (Lipinski definition) is 1. The van der Waals surface area contributed by atoms with Gasteiger partial charge in [0.2, 0.25) is 0 Å². The Bertz CT molecular complexity index is 349. The Balaban J connectivity index is 2.90. The molecule has 5 heteroatoms. The third kappa shape index (κ3) is 3.20. The maximum absolute atomic E-state index is 10.6. The molecule has 0 aromatic heterocycles. The van der Waals surface area contributed by atoms with Gasteiger partial charge >= 0.3 is 0 Å². The van der Waals surface area contributed by atoms with Crippen molar-refractivity contribution in [2.24, 2.45) is 0 Å². The van der Waals surface area contributed by atoms with Crippen LogP contribution in [-0.4, -0.2) is 29.7 Å². The molecule has 16 heavy (non-hydrogen) atoms. The first kappa shape index (κ1) is 12.4. The van der Waals surface area contributed by atoms with Gasteiger partial charge in [0.25, 0.3) is 5.69 Å². The van der Waals surface area contributed by atoms with Gasteiger partial charge in [-0.3, -0.25) is 10.1 Å². The van der Waals surface area contributed by atoms with E-state index in [-0.39, 0.29) is 12.3 Å². The lowest BCUT2D eigenvalue weighted by Gasteiger charge is -2.22. The Morgan fingerprint density at radius 2 is 2.19 bits per heavy atom. The van der Waals surface area contributed by atoms with Crippen molar-refractivity contribution in [1.29, 1.82) is 0 Å². The summed E-state index contributed by atoms with van der Waals surface area (Å²) >= 11 is 0. The highest BCUT2D eigenvalue weighted by atomic mass is 16.6. The highest BCUT2D eigenvalue weighted by Gasteiger charge is 2.10. The number of non-ortho nitro benzene ring substituents is 1. The quantitative estimate of drug-likeness (QED) is 0.591. The van der Waals surface area contributed by atoms with Gasteiger partial charge < -0.3 is 10.0 Å². The standard InChI is InChI=1S/C11H16N2O3/c1-2-6-12(7-8-14)10-4-3-5-11(9-10)13(15)16/h3-5,9,14H,2,6-8H2,1H3. The molecule has 0 saturated carbocycles. The van der Waals surface area contributed by atoms with E-state index in [0.717, 1.165) is 18.7 Å². The van der Waals surface area contributed by atoms with E-state index in [1.807, 2.05) is 17.9 Å². The number of hydrogen-bond acceptors (Lipinski definition) is 4. The lowest BCUT2D eigenvalue weighted by atomic mass is 10.2. The van der Waals surface area contributed by atoms with Crippen LogP contribution in [0, 0.1) is 10.1 Å². The number of aliphatic hydroxyl groups is 1. The first-order valence-corrected chi connectivity index (χ1v) is 5.29. The van der Waals surface area contributed by atoms with Crippen LogP contribution in [0.5, 0.6) is 0 Å². The van der Waals surface area contributed by atoms with E-state index in [4.69, 9.17) is 5.11 Å². The highest BCUT2D eigenvalue weighted by molar-refractivity contribution is 5.53. The molecule has 0 heterocycles. The molecular formula is C11H16N2O3. The van der Waals surface area contributed by atoms with Crippen molar-refractivity contribution in [1.82, 2.24) is 0 Å². The van der Waals surface area contributed by atoms with Crippen LogP contribution in [0.25, 0.3) is 0 Å². The normalized spacial score (nSPS) is 10.1. The van der Waals surface area contributed by atoms with Crippen LogP contribution in [0.3, 0.4) is 0 Å². The molecule has 1 aromatic rings. The Morgan fingerprint density at radius 1 is 1.44 bits per heavy atom. The summed E-state index contributed by atoms with van der Waals surface area (Å²) in [5.41, 5.74) is 0.863. The maximum Gasteiger partial charge on any atom is 0.271 e. The molecular weight excluding hydrogens is 208 g/mol. The van der Waals surface area contributed by atoms with Gasteiger partial charge in [0.1, 0.15) is 0 Å². The van der Waals surface area contributed by atoms with Crippen LogP contribution in [-0.2, 0) is 0 Å².